The average Bonchev–Trinajstić information content (AvgIpc) is 2.91. The molecule has 0 aliphatic carbocycles. The minimum Gasteiger partial charge on any atom is -0.356 e. The molecule has 6 nitrogen and oxygen atoms in total. The van der Waals surface area contributed by atoms with Gasteiger partial charge in [0.05, 0.1) is 0 Å². The van der Waals surface area contributed by atoms with Crippen LogP contribution in [-0.4, -0.2) is 22.6 Å². The van der Waals surface area contributed by atoms with Crippen LogP contribution in [0.25, 0.3) is 0 Å². The number of rotatable bonds is 3. The van der Waals surface area contributed by atoms with Gasteiger partial charge in [-0.05, 0) is 28.9 Å². The fraction of sp³-hybridized carbons (Fsp3) is 0.0714. The number of hydrogen-bond acceptors (Lipinski definition) is 3. The largest absolute Gasteiger partial charge is 0.356 e. The van der Waals surface area contributed by atoms with Crippen LogP contribution in [0.2, 0.25) is 0 Å². The first-order valence-electron chi connectivity index (χ1n) is 6.03. The Balaban J connectivity index is 1.94. The van der Waals surface area contributed by atoms with Crippen molar-refractivity contribution in [3.8, 4) is 0 Å². The average molecular weight is 350 g/mol. The molecule has 1 heterocycles. The van der Waals surface area contributed by atoms with E-state index in [-0.39, 0.29) is 11.3 Å². The van der Waals surface area contributed by atoms with Crippen molar-refractivity contribution in [2.75, 3.05) is 0 Å². The van der Waals surface area contributed by atoms with Crippen LogP contribution in [0, 0.1) is 6.92 Å². The molecular formula is C14H12BrN3O3. The summed E-state index contributed by atoms with van der Waals surface area (Å²) in [5.41, 5.74) is 5.74. The molecule has 2 rings (SSSR count). The quantitative estimate of drug-likeness (QED) is 0.447. The highest BCUT2D eigenvalue weighted by atomic mass is 79.9. The van der Waals surface area contributed by atoms with Gasteiger partial charge in [0.2, 0.25) is 0 Å². The lowest BCUT2D eigenvalue weighted by Crippen LogP contribution is -2.45. The molecule has 0 saturated heterocycles. The molecule has 0 bridgehead atoms. The summed E-state index contributed by atoms with van der Waals surface area (Å²) < 4.78 is 0.703. The molecule has 0 saturated carbocycles. The molecule has 0 aliphatic rings. The number of ketones is 1. The molecule has 7 heteroatoms. The van der Waals surface area contributed by atoms with E-state index in [0.29, 0.717) is 4.47 Å². The van der Waals surface area contributed by atoms with Crippen LogP contribution in [0.4, 0.5) is 0 Å². The number of Topliss-reactive ketones (excluding diaryl/α,β-unsaturated/α-hetero) is 1. The highest BCUT2D eigenvalue weighted by Crippen LogP contribution is 2.10. The number of halogens is 1. The third-order valence-electron chi connectivity index (χ3n) is 2.70. The first kappa shape index (κ1) is 15.0. The zero-order chi connectivity index (χ0) is 15.4. The highest BCUT2D eigenvalue weighted by molar-refractivity contribution is 9.10. The number of amides is 2. The van der Waals surface area contributed by atoms with E-state index in [1.54, 1.807) is 36.5 Å². The summed E-state index contributed by atoms with van der Waals surface area (Å²) in [6, 6.07) is 8.12. The molecule has 2 amide bonds. The number of hydrazine groups is 1. The van der Waals surface area contributed by atoms with Crippen LogP contribution in [0.15, 0.2) is 41.0 Å². The Morgan fingerprint density at radius 1 is 1.10 bits per heavy atom. The molecule has 0 unspecified atom stereocenters. The van der Waals surface area contributed by atoms with E-state index in [4.69, 9.17) is 0 Å². The molecule has 2 aromatic rings. The molecule has 108 valence electrons. The fourth-order valence-corrected chi connectivity index (χ4v) is 1.92. The van der Waals surface area contributed by atoms with E-state index in [9.17, 15) is 14.4 Å². The Kier molecular flexibility index (Phi) is 4.54. The summed E-state index contributed by atoms with van der Waals surface area (Å²) in [7, 11) is 0. The van der Waals surface area contributed by atoms with E-state index in [1.165, 1.54) is 0 Å². The van der Waals surface area contributed by atoms with Gasteiger partial charge in [-0.3, -0.25) is 25.2 Å². The van der Waals surface area contributed by atoms with Gasteiger partial charge in [-0.1, -0.05) is 29.8 Å². The number of hydrogen-bond donors (Lipinski definition) is 3. The Hall–Kier alpha value is -2.41. The third kappa shape index (κ3) is 3.79. The van der Waals surface area contributed by atoms with Crippen LogP contribution in [0.1, 0.15) is 26.4 Å². The number of benzene rings is 1. The maximum Gasteiger partial charge on any atom is 0.310 e. The van der Waals surface area contributed by atoms with Gasteiger partial charge < -0.3 is 4.98 Å². The molecule has 21 heavy (non-hydrogen) atoms. The molecule has 1 aromatic carbocycles. The SMILES string of the molecule is Cc1ccc(C(=O)C(=O)NNC(=O)c2cc(Br)c[nH]2)cc1. The monoisotopic (exact) mass is 349 g/mol. The minimum atomic E-state index is -0.905. The molecule has 0 fully saturated rings. The Bertz CT molecular complexity index is 692. The van der Waals surface area contributed by atoms with E-state index in [1.807, 2.05) is 6.92 Å². The van der Waals surface area contributed by atoms with E-state index in [0.717, 1.165) is 5.56 Å². The molecule has 0 aliphatic heterocycles. The number of aromatic nitrogens is 1. The van der Waals surface area contributed by atoms with Crippen molar-refractivity contribution in [2.24, 2.45) is 0 Å². The van der Waals surface area contributed by atoms with Crippen molar-refractivity contribution >= 4 is 33.5 Å². The smallest absolute Gasteiger partial charge is 0.310 e. The van der Waals surface area contributed by atoms with Crippen molar-refractivity contribution in [1.82, 2.24) is 15.8 Å². The maximum absolute atomic E-state index is 11.8. The molecule has 0 atom stereocenters. The Labute approximate surface area is 129 Å². The van der Waals surface area contributed by atoms with E-state index in [2.05, 4.69) is 31.8 Å². The van der Waals surface area contributed by atoms with Crippen molar-refractivity contribution in [2.45, 2.75) is 6.92 Å². The van der Waals surface area contributed by atoms with Crippen LogP contribution < -0.4 is 10.9 Å². The van der Waals surface area contributed by atoms with Gasteiger partial charge in [-0.2, -0.15) is 0 Å². The molecule has 1 aromatic heterocycles. The molecule has 0 spiro atoms. The van der Waals surface area contributed by atoms with E-state index < -0.39 is 17.6 Å². The third-order valence-corrected chi connectivity index (χ3v) is 3.16. The van der Waals surface area contributed by atoms with Crippen LogP contribution in [0.3, 0.4) is 0 Å². The molecular weight excluding hydrogens is 338 g/mol. The summed E-state index contributed by atoms with van der Waals surface area (Å²) in [5.74, 6) is -2.17. The summed E-state index contributed by atoms with van der Waals surface area (Å²) in [6.07, 6.45) is 1.58. The highest BCUT2D eigenvalue weighted by Gasteiger charge is 2.17. The first-order chi connectivity index (χ1) is 9.97. The Morgan fingerprint density at radius 2 is 1.76 bits per heavy atom. The van der Waals surface area contributed by atoms with Gasteiger partial charge in [0.25, 0.3) is 11.7 Å². The standard InChI is InChI=1S/C14H12BrN3O3/c1-8-2-4-9(5-3-8)12(19)14(21)18-17-13(20)11-6-10(15)7-16-11/h2-7,16H,1H3,(H,17,20)(H,18,21). The zero-order valence-corrected chi connectivity index (χ0v) is 12.7. The number of nitrogens with one attached hydrogen (secondary N) is 3. The summed E-state index contributed by atoms with van der Waals surface area (Å²) >= 11 is 3.19. The van der Waals surface area contributed by atoms with Gasteiger partial charge in [-0.15, -0.1) is 0 Å². The fourth-order valence-electron chi connectivity index (χ4n) is 1.57. The van der Waals surface area contributed by atoms with Gasteiger partial charge >= 0.3 is 5.91 Å². The summed E-state index contributed by atoms with van der Waals surface area (Å²) in [6.45, 7) is 1.88. The zero-order valence-electron chi connectivity index (χ0n) is 11.1. The van der Waals surface area contributed by atoms with Crippen LogP contribution in [-0.2, 0) is 4.79 Å². The second-order valence-electron chi connectivity index (χ2n) is 4.33. The lowest BCUT2D eigenvalue weighted by molar-refractivity contribution is -0.117. The van der Waals surface area contributed by atoms with Crippen molar-refractivity contribution in [3.05, 3.63) is 57.8 Å². The number of aryl methyl sites for hydroxylation is 1. The number of aromatic amines is 1. The number of carbonyl (C=O) groups is 3. The van der Waals surface area contributed by atoms with Crippen molar-refractivity contribution < 1.29 is 14.4 Å². The minimum absolute atomic E-state index is 0.255. The van der Waals surface area contributed by atoms with Gasteiger partial charge in [0.1, 0.15) is 5.69 Å². The lowest BCUT2D eigenvalue weighted by atomic mass is 10.1. The summed E-state index contributed by atoms with van der Waals surface area (Å²) in [5, 5.41) is 0. The second kappa shape index (κ2) is 6.36. The van der Waals surface area contributed by atoms with Crippen LogP contribution >= 0.6 is 15.9 Å². The van der Waals surface area contributed by atoms with Crippen molar-refractivity contribution in [3.63, 3.8) is 0 Å². The summed E-state index contributed by atoms with van der Waals surface area (Å²) in [4.78, 5) is 37.9. The number of H-pyrrole nitrogens is 1. The lowest BCUT2D eigenvalue weighted by Gasteiger charge is -2.05. The topological polar surface area (TPSA) is 91.1 Å². The Morgan fingerprint density at radius 3 is 2.33 bits per heavy atom. The van der Waals surface area contributed by atoms with E-state index >= 15 is 0 Å². The maximum atomic E-state index is 11.8. The van der Waals surface area contributed by atoms with Crippen LogP contribution in [0.5, 0.6) is 0 Å². The molecule has 3 N–H and O–H groups in total. The normalized spacial score (nSPS) is 10.0. The second-order valence-corrected chi connectivity index (χ2v) is 5.25. The predicted octanol–water partition coefficient (Wildman–Crippen LogP) is 1.73. The van der Waals surface area contributed by atoms with Gasteiger partial charge in [0, 0.05) is 16.2 Å². The molecule has 0 radical (unpaired) electrons. The van der Waals surface area contributed by atoms with Crippen molar-refractivity contribution in [1.29, 1.82) is 0 Å². The predicted molar refractivity (Wildman–Crippen MR) is 79.6 cm³/mol. The number of carbonyl (C=O) groups excluding carboxylic acids is 3. The van der Waals surface area contributed by atoms with Gasteiger partial charge in [0.15, 0.2) is 0 Å². The van der Waals surface area contributed by atoms with Gasteiger partial charge in [-0.25, -0.2) is 0 Å². The first-order valence-corrected chi connectivity index (χ1v) is 6.82.